The van der Waals surface area contributed by atoms with Crippen molar-refractivity contribution >= 4 is 5.91 Å². The Balaban J connectivity index is 1.85. The van der Waals surface area contributed by atoms with E-state index in [0.29, 0.717) is 12.5 Å². The lowest BCUT2D eigenvalue weighted by atomic mass is 10.0. The molecule has 0 bridgehead atoms. The lowest BCUT2D eigenvalue weighted by Crippen LogP contribution is -2.32. The largest absolute Gasteiger partial charge is 0.483 e. The average molecular weight is 302 g/mol. The maximum absolute atomic E-state index is 11.9. The first-order valence-corrected chi connectivity index (χ1v) is 7.95. The summed E-state index contributed by atoms with van der Waals surface area (Å²) < 4.78 is 5.74. The standard InChI is InChI=1S/C18H26N2O2/c1-13(2)16-5-4-14(3)10-17(16)22-12-18(21)20-11-15-6-8-19-9-7-15/h4-6,10,13,19H,7-9,11-12H2,1-3H3,(H,20,21). The minimum Gasteiger partial charge on any atom is -0.483 e. The highest BCUT2D eigenvalue weighted by molar-refractivity contribution is 5.77. The maximum atomic E-state index is 11.9. The SMILES string of the molecule is Cc1ccc(C(C)C)c(OCC(=O)NCC2=CCNCC2)c1. The van der Waals surface area contributed by atoms with Gasteiger partial charge in [0.05, 0.1) is 0 Å². The summed E-state index contributed by atoms with van der Waals surface area (Å²) in [4.78, 5) is 11.9. The van der Waals surface area contributed by atoms with Gasteiger partial charge in [-0.05, 0) is 43.0 Å². The van der Waals surface area contributed by atoms with Crippen LogP contribution in [0.15, 0.2) is 29.8 Å². The molecule has 0 unspecified atom stereocenters. The van der Waals surface area contributed by atoms with Gasteiger partial charge in [-0.2, -0.15) is 0 Å². The van der Waals surface area contributed by atoms with Crippen molar-refractivity contribution in [2.75, 3.05) is 26.2 Å². The number of carbonyl (C=O) groups is 1. The normalized spacial score (nSPS) is 14.6. The van der Waals surface area contributed by atoms with Gasteiger partial charge in [-0.25, -0.2) is 0 Å². The highest BCUT2D eigenvalue weighted by Crippen LogP contribution is 2.27. The second kappa shape index (κ2) is 7.99. The highest BCUT2D eigenvalue weighted by atomic mass is 16.5. The van der Waals surface area contributed by atoms with E-state index in [1.165, 1.54) is 5.57 Å². The Hall–Kier alpha value is -1.81. The number of ether oxygens (including phenoxy) is 1. The maximum Gasteiger partial charge on any atom is 0.258 e. The van der Waals surface area contributed by atoms with Crippen LogP contribution in [0.2, 0.25) is 0 Å². The molecule has 1 aromatic carbocycles. The van der Waals surface area contributed by atoms with Crippen molar-refractivity contribution in [2.24, 2.45) is 0 Å². The van der Waals surface area contributed by atoms with Crippen LogP contribution in [0.4, 0.5) is 0 Å². The minimum atomic E-state index is -0.0735. The van der Waals surface area contributed by atoms with Crippen LogP contribution in [0, 0.1) is 6.92 Å². The average Bonchev–Trinajstić information content (AvgIpc) is 2.51. The molecule has 0 saturated heterocycles. The van der Waals surface area contributed by atoms with Gasteiger partial charge in [0, 0.05) is 13.1 Å². The Bertz CT molecular complexity index is 550. The Labute approximate surface area is 132 Å². The second-order valence-corrected chi connectivity index (χ2v) is 6.08. The lowest BCUT2D eigenvalue weighted by molar-refractivity contribution is -0.122. The fourth-order valence-corrected chi connectivity index (χ4v) is 2.48. The van der Waals surface area contributed by atoms with E-state index in [4.69, 9.17) is 4.74 Å². The molecule has 0 fully saturated rings. The van der Waals surface area contributed by atoms with Gasteiger partial charge >= 0.3 is 0 Å². The molecular formula is C18H26N2O2. The van der Waals surface area contributed by atoms with E-state index in [2.05, 4.69) is 42.7 Å². The number of amides is 1. The molecule has 0 aliphatic carbocycles. The molecule has 1 aliphatic heterocycles. The molecule has 2 N–H and O–H groups in total. The highest BCUT2D eigenvalue weighted by Gasteiger charge is 2.11. The summed E-state index contributed by atoms with van der Waals surface area (Å²) in [5, 5.41) is 6.18. The van der Waals surface area contributed by atoms with E-state index in [9.17, 15) is 4.79 Å². The van der Waals surface area contributed by atoms with Gasteiger partial charge in [-0.3, -0.25) is 4.79 Å². The van der Waals surface area contributed by atoms with Crippen LogP contribution in [0.3, 0.4) is 0 Å². The molecule has 0 saturated carbocycles. The number of carbonyl (C=O) groups excluding carboxylic acids is 1. The molecule has 1 aromatic rings. The second-order valence-electron chi connectivity index (χ2n) is 6.08. The third kappa shape index (κ3) is 4.88. The summed E-state index contributed by atoms with van der Waals surface area (Å²) in [6.07, 6.45) is 3.14. The molecule has 0 radical (unpaired) electrons. The Kier molecular flexibility index (Phi) is 6.01. The van der Waals surface area contributed by atoms with Gasteiger partial charge < -0.3 is 15.4 Å². The minimum absolute atomic E-state index is 0.0642. The van der Waals surface area contributed by atoms with Crippen molar-refractivity contribution < 1.29 is 9.53 Å². The summed E-state index contributed by atoms with van der Waals surface area (Å²) in [5.74, 6) is 1.11. The van der Waals surface area contributed by atoms with Crippen LogP contribution in [0.25, 0.3) is 0 Å². The predicted molar refractivity (Wildman–Crippen MR) is 89.3 cm³/mol. The quantitative estimate of drug-likeness (QED) is 0.794. The first kappa shape index (κ1) is 16.6. The van der Waals surface area contributed by atoms with Crippen LogP contribution >= 0.6 is 0 Å². The summed E-state index contributed by atoms with van der Waals surface area (Å²) >= 11 is 0. The zero-order valence-electron chi connectivity index (χ0n) is 13.7. The van der Waals surface area contributed by atoms with E-state index in [1.54, 1.807) is 0 Å². The first-order valence-electron chi connectivity index (χ1n) is 7.95. The number of hydrogen-bond acceptors (Lipinski definition) is 3. The van der Waals surface area contributed by atoms with Gasteiger partial charge in [-0.1, -0.05) is 37.6 Å². The van der Waals surface area contributed by atoms with Gasteiger partial charge in [0.15, 0.2) is 6.61 Å². The van der Waals surface area contributed by atoms with Gasteiger partial charge in [-0.15, -0.1) is 0 Å². The number of rotatable bonds is 6. The van der Waals surface area contributed by atoms with Crippen molar-refractivity contribution in [1.29, 1.82) is 0 Å². The van der Waals surface area contributed by atoms with Crippen molar-refractivity contribution in [3.63, 3.8) is 0 Å². The number of benzene rings is 1. The van der Waals surface area contributed by atoms with E-state index >= 15 is 0 Å². The summed E-state index contributed by atoms with van der Waals surface area (Å²) in [7, 11) is 0. The van der Waals surface area contributed by atoms with Crippen molar-refractivity contribution in [3.8, 4) is 5.75 Å². The van der Waals surface area contributed by atoms with Gasteiger partial charge in [0.25, 0.3) is 5.91 Å². The van der Waals surface area contributed by atoms with E-state index in [1.807, 2.05) is 13.0 Å². The Morgan fingerprint density at radius 2 is 2.23 bits per heavy atom. The first-order chi connectivity index (χ1) is 10.6. The monoisotopic (exact) mass is 302 g/mol. The van der Waals surface area contributed by atoms with E-state index in [0.717, 1.165) is 36.4 Å². The predicted octanol–water partition coefficient (Wildman–Crippen LogP) is 2.53. The van der Waals surface area contributed by atoms with Crippen molar-refractivity contribution in [1.82, 2.24) is 10.6 Å². The van der Waals surface area contributed by atoms with Crippen LogP contribution < -0.4 is 15.4 Å². The Morgan fingerprint density at radius 1 is 1.41 bits per heavy atom. The third-order valence-electron chi connectivity index (χ3n) is 3.82. The number of nitrogens with one attached hydrogen (secondary N) is 2. The molecule has 1 heterocycles. The summed E-state index contributed by atoms with van der Waals surface area (Å²) in [6.45, 7) is 8.84. The van der Waals surface area contributed by atoms with Crippen LogP contribution in [-0.2, 0) is 4.79 Å². The smallest absolute Gasteiger partial charge is 0.258 e. The third-order valence-corrected chi connectivity index (χ3v) is 3.82. The summed E-state index contributed by atoms with van der Waals surface area (Å²) in [5.41, 5.74) is 3.56. The molecule has 0 atom stereocenters. The zero-order chi connectivity index (χ0) is 15.9. The fourth-order valence-electron chi connectivity index (χ4n) is 2.48. The molecule has 120 valence electrons. The fraction of sp³-hybridized carbons (Fsp3) is 0.500. The molecule has 22 heavy (non-hydrogen) atoms. The molecule has 4 nitrogen and oxygen atoms in total. The van der Waals surface area contributed by atoms with Gasteiger partial charge in [0.1, 0.15) is 5.75 Å². The molecule has 0 aromatic heterocycles. The Morgan fingerprint density at radius 3 is 2.91 bits per heavy atom. The van der Waals surface area contributed by atoms with Crippen molar-refractivity contribution in [3.05, 3.63) is 41.0 Å². The van der Waals surface area contributed by atoms with Gasteiger partial charge in [0.2, 0.25) is 0 Å². The lowest BCUT2D eigenvalue weighted by Gasteiger charge is -2.16. The summed E-state index contributed by atoms with van der Waals surface area (Å²) in [6, 6.07) is 6.15. The number of aryl methyl sites for hydroxylation is 1. The molecule has 4 heteroatoms. The van der Waals surface area contributed by atoms with Crippen LogP contribution in [0.5, 0.6) is 5.75 Å². The van der Waals surface area contributed by atoms with Crippen LogP contribution in [-0.4, -0.2) is 32.1 Å². The molecule has 0 spiro atoms. The molecular weight excluding hydrogens is 276 g/mol. The van der Waals surface area contributed by atoms with Crippen molar-refractivity contribution in [2.45, 2.75) is 33.1 Å². The topological polar surface area (TPSA) is 50.4 Å². The molecule has 1 aliphatic rings. The molecule has 1 amide bonds. The van der Waals surface area contributed by atoms with E-state index < -0.39 is 0 Å². The van der Waals surface area contributed by atoms with E-state index in [-0.39, 0.29) is 12.5 Å². The molecule has 2 rings (SSSR count). The zero-order valence-corrected chi connectivity index (χ0v) is 13.7. The van der Waals surface area contributed by atoms with Crippen LogP contribution in [0.1, 0.15) is 37.3 Å². The number of hydrogen-bond donors (Lipinski definition) is 2.